The Kier molecular flexibility index (Phi) is 2.82. The summed E-state index contributed by atoms with van der Waals surface area (Å²) in [6.45, 7) is 0. The van der Waals surface area contributed by atoms with Gasteiger partial charge in [0.1, 0.15) is 5.75 Å². The summed E-state index contributed by atoms with van der Waals surface area (Å²) in [5.74, 6) is -0.783. The molecule has 74 valence electrons. The van der Waals surface area contributed by atoms with Gasteiger partial charge in [0, 0.05) is 11.8 Å². The first-order chi connectivity index (χ1) is 6.56. The molecule has 0 amide bonds. The number of pyridine rings is 1. The van der Waals surface area contributed by atoms with E-state index >= 15 is 0 Å². The minimum atomic E-state index is -2.92. The second-order valence-corrected chi connectivity index (χ2v) is 2.55. The first-order valence-corrected chi connectivity index (χ1v) is 3.66. The van der Waals surface area contributed by atoms with Gasteiger partial charge in [-0.2, -0.15) is 5.26 Å². The van der Waals surface area contributed by atoms with Gasteiger partial charge in [-0.25, -0.2) is 8.78 Å². The van der Waals surface area contributed by atoms with E-state index < -0.39 is 23.3 Å². The molecule has 2 N–H and O–H groups in total. The zero-order valence-electron chi connectivity index (χ0n) is 6.92. The Labute approximate surface area is 77.4 Å². The fourth-order valence-corrected chi connectivity index (χ4v) is 1.07. The maximum absolute atomic E-state index is 12.4. The van der Waals surface area contributed by atoms with Crippen LogP contribution in [0.15, 0.2) is 10.9 Å². The second-order valence-electron chi connectivity index (χ2n) is 2.55. The Balaban J connectivity index is 3.38. The predicted octanol–water partition coefficient (Wildman–Crippen LogP) is 1.08. The molecule has 0 aliphatic rings. The topological polar surface area (TPSA) is 76.9 Å². The molecule has 6 heteroatoms. The van der Waals surface area contributed by atoms with E-state index in [9.17, 15) is 13.6 Å². The van der Waals surface area contributed by atoms with Crippen molar-refractivity contribution in [3.05, 3.63) is 27.7 Å². The lowest BCUT2D eigenvalue weighted by molar-refractivity contribution is 0.146. The van der Waals surface area contributed by atoms with E-state index in [4.69, 9.17) is 10.4 Å². The van der Waals surface area contributed by atoms with Gasteiger partial charge in [0.2, 0.25) is 0 Å². The van der Waals surface area contributed by atoms with Gasteiger partial charge < -0.3 is 10.1 Å². The van der Waals surface area contributed by atoms with Gasteiger partial charge in [-0.3, -0.25) is 4.79 Å². The molecule has 1 aromatic heterocycles. The van der Waals surface area contributed by atoms with E-state index in [2.05, 4.69) is 4.98 Å². The van der Waals surface area contributed by atoms with Crippen molar-refractivity contribution in [2.24, 2.45) is 0 Å². The van der Waals surface area contributed by atoms with Crippen LogP contribution in [-0.2, 0) is 6.42 Å². The van der Waals surface area contributed by atoms with Crippen molar-refractivity contribution in [1.82, 2.24) is 4.98 Å². The molecule has 1 heterocycles. The summed E-state index contributed by atoms with van der Waals surface area (Å²) in [6, 6.07) is 2.27. The molecule has 4 nitrogen and oxygen atoms in total. The summed E-state index contributed by atoms with van der Waals surface area (Å²) in [5.41, 5.74) is -1.64. The molecular formula is C8H6F2N2O2. The van der Waals surface area contributed by atoms with Gasteiger partial charge >= 0.3 is 0 Å². The number of rotatable bonds is 2. The standard InChI is InChI=1S/C8H6F2N2O2/c9-8(10)7-4(1-2-11)12-6(14)3-5(7)13/h3,8H,1H2,(H2,12,13,14). The Morgan fingerprint density at radius 2 is 2.29 bits per heavy atom. The number of H-pyrrole nitrogens is 1. The zero-order valence-corrected chi connectivity index (χ0v) is 6.92. The van der Waals surface area contributed by atoms with Crippen LogP contribution in [-0.4, -0.2) is 10.1 Å². The molecule has 0 spiro atoms. The van der Waals surface area contributed by atoms with Crippen molar-refractivity contribution in [1.29, 1.82) is 5.26 Å². The van der Waals surface area contributed by atoms with Gasteiger partial charge in [0.25, 0.3) is 12.0 Å². The average Bonchev–Trinajstić information content (AvgIpc) is 2.01. The SMILES string of the molecule is N#CCc1[nH]c(=O)cc(O)c1C(F)F. The molecular weight excluding hydrogens is 194 g/mol. The summed E-state index contributed by atoms with van der Waals surface area (Å²) in [4.78, 5) is 12.9. The number of hydrogen-bond acceptors (Lipinski definition) is 3. The summed E-state index contributed by atoms with van der Waals surface area (Å²) >= 11 is 0. The Morgan fingerprint density at radius 1 is 1.64 bits per heavy atom. The lowest BCUT2D eigenvalue weighted by atomic mass is 10.1. The van der Waals surface area contributed by atoms with E-state index in [-0.39, 0.29) is 12.1 Å². The van der Waals surface area contributed by atoms with Crippen molar-refractivity contribution in [2.75, 3.05) is 0 Å². The number of halogens is 2. The maximum Gasteiger partial charge on any atom is 0.269 e. The highest BCUT2D eigenvalue weighted by Crippen LogP contribution is 2.28. The molecule has 0 atom stereocenters. The highest BCUT2D eigenvalue weighted by molar-refractivity contribution is 5.36. The summed E-state index contributed by atoms with van der Waals surface area (Å²) in [7, 11) is 0. The molecule has 0 saturated carbocycles. The number of aromatic nitrogens is 1. The van der Waals surface area contributed by atoms with Crippen molar-refractivity contribution < 1.29 is 13.9 Å². The van der Waals surface area contributed by atoms with Crippen molar-refractivity contribution in [2.45, 2.75) is 12.8 Å². The lowest BCUT2D eigenvalue weighted by Crippen LogP contribution is -2.10. The fourth-order valence-electron chi connectivity index (χ4n) is 1.07. The molecule has 0 aromatic carbocycles. The van der Waals surface area contributed by atoms with Gasteiger partial charge in [-0.05, 0) is 0 Å². The van der Waals surface area contributed by atoms with Crippen LogP contribution in [0.1, 0.15) is 17.7 Å². The minimum Gasteiger partial charge on any atom is -0.507 e. The molecule has 0 aliphatic heterocycles. The van der Waals surface area contributed by atoms with E-state index in [1.165, 1.54) is 0 Å². The van der Waals surface area contributed by atoms with Crippen LogP contribution in [0.5, 0.6) is 5.75 Å². The van der Waals surface area contributed by atoms with Gasteiger partial charge in [-0.15, -0.1) is 0 Å². The summed E-state index contributed by atoms with van der Waals surface area (Å²) < 4.78 is 24.7. The molecule has 0 aliphatic carbocycles. The fraction of sp³-hybridized carbons (Fsp3) is 0.250. The second kappa shape index (κ2) is 3.87. The molecule has 0 bridgehead atoms. The third kappa shape index (κ3) is 1.88. The van der Waals surface area contributed by atoms with Crippen LogP contribution in [0.2, 0.25) is 0 Å². The lowest BCUT2D eigenvalue weighted by Gasteiger charge is -2.06. The number of alkyl halides is 2. The van der Waals surface area contributed by atoms with Crippen molar-refractivity contribution >= 4 is 0 Å². The van der Waals surface area contributed by atoms with E-state index in [0.717, 1.165) is 0 Å². The predicted molar refractivity (Wildman–Crippen MR) is 43.0 cm³/mol. The van der Waals surface area contributed by atoms with Crippen LogP contribution in [0.3, 0.4) is 0 Å². The third-order valence-corrected chi connectivity index (χ3v) is 1.62. The average molecular weight is 200 g/mol. The van der Waals surface area contributed by atoms with Gasteiger partial charge in [0.05, 0.1) is 18.1 Å². The molecule has 0 fully saturated rings. The van der Waals surface area contributed by atoms with Crippen LogP contribution in [0, 0.1) is 11.3 Å². The molecule has 1 aromatic rings. The molecule has 1 rings (SSSR count). The summed E-state index contributed by atoms with van der Waals surface area (Å²) in [5, 5.41) is 17.4. The van der Waals surface area contributed by atoms with Crippen molar-refractivity contribution in [3.8, 4) is 11.8 Å². The molecule has 0 radical (unpaired) electrons. The summed E-state index contributed by atoms with van der Waals surface area (Å²) in [6.07, 6.45) is -3.29. The Morgan fingerprint density at radius 3 is 2.79 bits per heavy atom. The number of hydrogen-bond donors (Lipinski definition) is 2. The zero-order chi connectivity index (χ0) is 10.7. The molecule has 0 unspecified atom stereocenters. The van der Waals surface area contributed by atoms with Crippen LogP contribution in [0.4, 0.5) is 8.78 Å². The van der Waals surface area contributed by atoms with Gasteiger partial charge in [0.15, 0.2) is 0 Å². The van der Waals surface area contributed by atoms with Crippen LogP contribution >= 0.6 is 0 Å². The Bertz CT molecular complexity index is 434. The minimum absolute atomic E-state index is 0.243. The largest absolute Gasteiger partial charge is 0.507 e. The highest BCUT2D eigenvalue weighted by Gasteiger charge is 2.18. The highest BCUT2D eigenvalue weighted by atomic mass is 19.3. The Hall–Kier alpha value is -1.90. The molecule has 0 saturated heterocycles. The molecule has 14 heavy (non-hydrogen) atoms. The van der Waals surface area contributed by atoms with Crippen LogP contribution in [0.25, 0.3) is 0 Å². The number of nitriles is 1. The van der Waals surface area contributed by atoms with E-state index in [1.807, 2.05) is 0 Å². The quantitative estimate of drug-likeness (QED) is 0.749. The number of aromatic amines is 1. The smallest absolute Gasteiger partial charge is 0.269 e. The van der Waals surface area contributed by atoms with E-state index in [1.54, 1.807) is 6.07 Å². The first-order valence-electron chi connectivity index (χ1n) is 3.66. The van der Waals surface area contributed by atoms with Crippen molar-refractivity contribution in [3.63, 3.8) is 0 Å². The first kappa shape index (κ1) is 10.2. The monoisotopic (exact) mass is 200 g/mol. The van der Waals surface area contributed by atoms with Gasteiger partial charge in [-0.1, -0.05) is 0 Å². The normalized spacial score (nSPS) is 10.1. The number of aromatic hydroxyl groups is 1. The van der Waals surface area contributed by atoms with E-state index in [0.29, 0.717) is 6.07 Å². The maximum atomic E-state index is 12.4. The third-order valence-electron chi connectivity index (χ3n) is 1.62. The number of nitrogens with one attached hydrogen (secondary N) is 1. The van der Waals surface area contributed by atoms with Crippen LogP contribution < -0.4 is 5.56 Å². The number of nitrogens with zero attached hydrogens (tertiary/aromatic N) is 1.